The second-order valence-corrected chi connectivity index (χ2v) is 25.7. The predicted molar refractivity (Wildman–Crippen MR) is 389 cm³/mol. The van der Waals surface area contributed by atoms with E-state index < -0.39 is 59.7 Å². The Morgan fingerprint density at radius 2 is 0.229 bits per heavy atom. The van der Waals surface area contributed by atoms with Crippen molar-refractivity contribution in [2.45, 2.75) is 395 Å². The van der Waals surface area contributed by atoms with Gasteiger partial charge in [0.25, 0.3) is 0 Å². The molecule has 10 unspecified atom stereocenters. The van der Waals surface area contributed by atoms with Crippen LogP contribution in [0.4, 0.5) is 0 Å². The van der Waals surface area contributed by atoms with Gasteiger partial charge in [-0.25, -0.2) is 0 Å². The molecule has 0 aromatic heterocycles. The van der Waals surface area contributed by atoms with Gasteiger partial charge in [0, 0.05) is 59.7 Å². The Balaban J connectivity index is -0.0000000656. The van der Waals surface area contributed by atoms with Crippen molar-refractivity contribution in [3.63, 3.8) is 0 Å². The van der Waals surface area contributed by atoms with Gasteiger partial charge in [-0.15, -0.1) is 0 Å². The average Bonchev–Trinajstić information content (AvgIpc) is 1.88. The molecule has 105 heavy (non-hydrogen) atoms. The van der Waals surface area contributed by atoms with E-state index in [1.165, 1.54) is 0 Å². The molecule has 20 nitrogen and oxygen atoms in total. The molecule has 0 saturated heterocycles. The molecule has 0 N–H and O–H groups in total. The van der Waals surface area contributed by atoms with Crippen LogP contribution < -0.4 is 51.1 Å². The molecule has 4 radical (unpaired) electrons. The smallest absolute Gasteiger partial charge is 0.550 e. The van der Waals surface area contributed by atoms with E-state index in [1.54, 1.807) is 0 Å². The van der Waals surface area contributed by atoms with Gasteiger partial charge in [0.1, 0.15) is 0 Å². The fraction of sp³-hybridized carbons (Fsp3) is 0.875. The van der Waals surface area contributed by atoms with E-state index in [4.69, 9.17) is 0 Å². The van der Waals surface area contributed by atoms with Crippen LogP contribution in [0.5, 0.6) is 0 Å². The number of carboxylic acid groups (broad SMARTS) is 10. The predicted octanol–water partition coefficient (Wildman–Crippen LogP) is 9.14. The van der Waals surface area contributed by atoms with E-state index in [9.17, 15) is 99.0 Å². The molecule has 0 saturated carbocycles. The Labute approximate surface area is 702 Å². The number of hydrogen-bond donors (Lipinski definition) is 0. The molecule has 0 aliphatic heterocycles. The van der Waals surface area contributed by atoms with Gasteiger partial charge < -0.3 is 99.0 Å². The summed E-state index contributed by atoms with van der Waals surface area (Å²) in [6.45, 7) is 39.4. The number of unbranched alkanes of at least 4 members (excludes halogenated alkanes) is 10. The Bertz CT molecular complexity index is 1460. The molecule has 0 fully saturated rings. The van der Waals surface area contributed by atoms with Crippen LogP contribution in [0, 0.1) is 59.2 Å². The summed E-state index contributed by atoms with van der Waals surface area (Å²) in [6.07, 6.45) is 35.2. The van der Waals surface area contributed by atoms with Crippen LogP contribution in [0.3, 0.4) is 0 Å². The minimum absolute atomic E-state index is 0. The summed E-state index contributed by atoms with van der Waals surface area (Å²) in [7, 11) is 0. The first kappa shape index (κ1) is 138. The summed E-state index contributed by atoms with van der Waals surface area (Å²) in [4.78, 5) is 103. The second-order valence-electron chi connectivity index (χ2n) is 25.7. The minimum atomic E-state index is -0.893. The molecule has 0 aliphatic rings. The number of hydrogen-bond acceptors (Lipinski definition) is 20. The standard InChI is InChI=1S/10C8H16O2.2Mn.2Ni.Pb/c10*1-3-5-6-7(4-2)8(9)10;;;;;/h10*7H,3-6H2,1-2H3,(H,9,10);;;;;/q;;;;;;;;;;5*+2/p-10. The van der Waals surface area contributed by atoms with Gasteiger partial charge in [-0.1, -0.05) is 267 Å². The topological polar surface area (TPSA) is 401 Å². The minimum Gasteiger partial charge on any atom is -0.550 e. The average molecular weight is 1870 g/mol. The molecule has 0 aromatic carbocycles. The van der Waals surface area contributed by atoms with Gasteiger partial charge >= 0.3 is 94.4 Å². The number of rotatable bonds is 50. The zero-order valence-electron chi connectivity index (χ0n) is 69.1. The van der Waals surface area contributed by atoms with Crippen LogP contribution in [-0.4, -0.2) is 87.0 Å². The molecule has 628 valence electrons. The summed E-state index contributed by atoms with van der Waals surface area (Å²) in [6, 6.07) is 0. The maximum absolute atomic E-state index is 10.3. The van der Waals surface area contributed by atoms with E-state index >= 15 is 0 Å². The summed E-state index contributed by atoms with van der Waals surface area (Å²) < 4.78 is 0. The van der Waals surface area contributed by atoms with Crippen molar-refractivity contribution in [1.29, 1.82) is 0 Å². The van der Waals surface area contributed by atoms with Crippen molar-refractivity contribution in [3.05, 3.63) is 0 Å². The first-order valence-electron chi connectivity index (χ1n) is 39.3. The summed E-state index contributed by atoms with van der Waals surface area (Å²) in [5.41, 5.74) is 0. The fourth-order valence-electron chi connectivity index (χ4n) is 9.39. The molecule has 0 heterocycles. The number of carbonyl (C=O) groups excluding carboxylic acids is 10. The maximum Gasteiger partial charge on any atom is 2.00 e. The van der Waals surface area contributed by atoms with Gasteiger partial charge in [-0.05, 0) is 188 Å². The van der Waals surface area contributed by atoms with Crippen molar-refractivity contribution in [2.75, 3.05) is 0 Å². The molecule has 0 aliphatic carbocycles. The monoisotopic (exact) mass is 1860 g/mol. The van der Waals surface area contributed by atoms with Gasteiger partial charge in [-0.3, -0.25) is 0 Å². The van der Waals surface area contributed by atoms with Gasteiger partial charge in [-0.2, -0.15) is 0 Å². The van der Waals surface area contributed by atoms with Gasteiger partial charge in [0.2, 0.25) is 0 Å². The molecule has 25 heteroatoms. The van der Waals surface area contributed by atoms with Crippen molar-refractivity contribution < 1.29 is 166 Å². The summed E-state index contributed by atoms with van der Waals surface area (Å²) in [5.74, 6) is -11.1. The number of carboxylic acids is 10. The zero-order valence-corrected chi connectivity index (χ0v) is 77.3. The van der Waals surface area contributed by atoms with Crippen molar-refractivity contribution >= 4 is 87.0 Å². The van der Waals surface area contributed by atoms with Crippen LogP contribution in [0.15, 0.2) is 0 Å². The van der Waals surface area contributed by atoms with Crippen LogP contribution in [0.25, 0.3) is 0 Å². The van der Waals surface area contributed by atoms with Crippen molar-refractivity contribution in [1.82, 2.24) is 0 Å². The van der Waals surface area contributed by atoms with E-state index in [-0.39, 0.29) is 154 Å². The van der Waals surface area contributed by atoms with Gasteiger partial charge in [0.15, 0.2) is 0 Å². The molecule has 0 rings (SSSR count). The first-order valence-corrected chi connectivity index (χ1v) is 39.3. The van der Waals surface area contributed by atoms with Crippen LogP contribution in [-0.2, 0) is 115 Å². The Morgan fingerprint density at radius 1 is 0.171 bits per heavy atom. The molecule has 0 spiro atoms. The van der Waals surface area contributed by atoms with Gasteiger partial charge in [0.05, 0.1) is 0 Å². The Hall–Kier alpha value is -2.35. The zero-order chi connectivity index (χ0) is 79.8. The normalized spacial score (nSPS) is 12.4. The van der Waals surface area contributed by atoms with E-state index in [1.807, 2.05) is 69.2 Å². The van der Waals surface area contributed by atoms with Crippen molar-refractivity contribution in [3.8, 4) is 0 Å². The van der Waals surface area contributed by atoms with Crippen molar-refractivity contribution in [2.24, 2.45) is 59.2 Å². The van der Waals surface area contributed by atoms with E-state index in [0.29, 0.717) is 64.2 Å². The third-order valence-electron chi connectivity index (χ3n) is 17.3. The summed E-state index contributed by atoms with van der Waals surface area (Å²) >= 11 is 0. The van der Waals surface area contributed by atoms with Crippen LogP contribution in [0.1, 0.15) is 395 Å². The third kappa shape index (κ3) is 106. The van der Waals surface area contributed by atoms with E-state index in [2.05, 4.69) is 69.2 Å². The Kier molecular flexibility index (Phi) is 142. The molecule has 0 amide bonds. The number of carbonyl (C=O) groups is 10. The van der Waals surface area contributed by atoms with Crippen LogP contribution >= 0.6 is 0 Å². The maximum atomic E-state index is 10.3. The van der Waals surface area contributed by atoms with E-state index in [0.717, 1.165) is 193 Å². The van der Waals surface area contributed by atoms with Crippen LogP contribution in [0.2, 0.25) is 0 Å². The molecule has 0 bridgehead atoms. The quantitative estimate of drug-likeness (QED) is 0.0512. The first-order chi connectivity index (χ1) is 47.2. The Morgan fingerprint density at radius 3 is 0.257 bits per heavy atom. The SMILES string of the molecule is CCCCC(CC)C(=O)[O-].CCCCC(CC)C(=O)[O-].CCCCC(CC)C(=O)[O-].CCCCC(CC)C(=O)[O-].CCCCC(CC)C(=O)[O-].CCCCC(CC)C(=O)[O-].CCCCC(CC)C(=O)[O-].CCCCC(CC)C(=O)[O-].CCCCC(CC)C(=O)[O-].CCCCC(CC)C(=O)[O-].[Mn+2].[Mn+2].[Ni+2].[Ni+2].[Pb+2]. The molecular formula is C80H150Mn2Ni2O20Pb. The molecule has 10 atom stereocenters. The molecular weight excluding hydrogens is 1720 g/mol. The number of aliphatic carboxylic acids is 10. The third-order valence-corrected chi connectivity index (χ3v) is 17.3. The largest absolute Gasteiger partial charge is 2.00 e. The fourth-order valence-corrected chi connectivity index (χ4v) is 9.39. The summed E-state index contributed by atoms with van der Waals surface area (Å²) in [5, 5.41) is 103. The second kappa shape index (κ2) is 108. The molecule has 0 aromatic rings.